The number of ether oxygens (including phenoxy) is 1. The average molecular weight is 241 g/mol. The van der Waals surface area contributed by atoms with E-state index >= 15 is 0 Å². The molecule has 96 valence electrons. The van der Waals surface area contributed by atoms with Crippen LogP contribution in [0.5, 0.6) is 0 Å². The van der Waals surface area contributed by atoms with Gasteiger partial charge in [0.2, 0.25) is 0 Å². The molecule has 0 bridgehead atoms. The number of aryl methyl sites for hydroxylation is 1. The summed E-state index contributed by atoms with van der Waals surface area (Å²) in [6.07, 6.45) is 2.74. The van der Waals surface area contributed by atoms with Crippen molar-refractivity contribution in [1.29, 1.82) is 0 Å². The number of nitrogens with zero attached hydrogens (tertiary/aromatic N) is 1. The number of hydrogen-bond donors (Lipinski definition) is 2. The molecule has 1 aromatic heterocycles. The van der Waals surface area contributed by atoms with E-state index in [4.69, 9.17) is 14.3 Å². The molecule has 0 aliphatic carbocycles. The summed E-state index contributed by atoms with van der Waals surface area (Å²) in [5.74, 6) is 0.605. The quantitative estimate of drug-likeness (QED) is 0.781. The minimum atomic E-state index is -0.776. The summed E-state index contributed by atoms with van der Waals surface area (Å²) in [5, 5.41) is 18.2. The van der Waals surface area contributed by atoms with Gasteiger partial charge < -0.3 is 19.4 Å². The van der Waals surface area contributed by atoms with Gasteiger partial charge in [0.1, 0.15) is 12.0 Å². The maximum absolute atomic E-state index is 9.39. The Bertz CT molecular complexity index is 372. The number of methoxy groups -OCH3 is 1. The first-order valence-electron chi connectivity index (χ1n) is 5.48. The predicted octanol–water partition coefficient (Wildman–Crippen LogP) is 1.14. The van der Waals surface area contributed by atoms with Gasteiger partial charge in [0.05, 0.1) is 18.8 Å². The minimum absolute atomic E-state index is 0.242. The van der Waals surface area contributed by atoms with E-state index in [2.05, 4.69) is 4.98 Å². The van der Waals surface area contributed by atoms with E-state index in [0.717, 1.165) is 11.3 Å². The van der Waals surface area contributed by atoms with Gasteiger partial charge in [0.25, 0.3) is 0 Å². The molecular weight excluding hydrogens is 222 g/mol. The molecular formula is C12H19NO4. The van der Waals surface area contributed by atoms with Crippen molar-refractivity contribution < 1.29 is 19.4 Å². The van der Waals surface area contributed by atoms with E-state index < -0.39 is 6.10 Å². The van der Waals surface area contributed by atoms with Crippen molar-refractivity contribution >= 4 is 6.08 Å². The van der Waals surface area contributed by atoms with Crippen molar-refractivity contribution in [3.63, 3.8) is 0 Å². The molecule has 2 atom stereocenters. The lowest BCUT2D eigenvalue weighted by Crippen LogP contribution is -2.23. The normalized spacial score (nSPS) is 15.9. The Morgan fingerprint density at radius 1 is 1.65 bits per heavy atom. The van der Waals surface area contributed by atoms with Gasteiger partial charge in [-0.15, -0.1) is 0 Å². The van der Waals surface area contributed by atoms with Gasteiger partial charge in [-0.1, -0.05) is 0 Å². The molecule has 17 heavy (non-hydrogen) atoms. The van der Waals surface area contributed by atoms with E-state index in [1.165, 1.54) is 0 Å². The van der Waals surface area contributed by atoms with Crippen molar-refractivity contribution in [2.75, 3.05) is 13.7 Å². The van der Waals surface area contributed by atoms with Crippen molar-refractivity contribution in [3.8, 4) is 0 Å². The Balaban J connectivity index is 2.71. The second kappa shape index (κ2) is 6.54. The second-order valence-corrected chi connectivity index (χ2v) is 3.98. The third-order valence-electron chi connectivity index (χ3n) is 2.50. The molecule has 0 amide bonds. The van der Waals surface area contributed by atoms with Crippen LogP contribution in [0.1, 0.15) is 24.9 Å². The first-order valence-corrected chi connectivity index (χ1v) is 5.48. The molecule has 0 saturated carbocycles. The molecule has 1 aromatic rings. The van der Waals surface area contributed by atoms with Gasteiger partial charge in [-0.3, -0.25) is 0 Å². The van der Waals surface area contributed by atoms with Crippen LogP contribution in [-0.4, -0.2) is 41.1 Å². The summed E-state index contributed by atoms with van der Waals surface area (Å²) in [5.41, 5.74) is 1.65. The fourth-order valence-corrected chi connectivity index (χ4v) is 1.56. The van der Waals surface area contributed by atoms with Crippen LogP contribution in [0, 0.1) is 6.92 Å². The van der Waals surface area contributed by atoms with Crippen LogP contribution in [0.15, 0.2) is 16.3 Å². The largest absolute Gasteiger partial charge is 0.449 e. The number of aromatic nitrogens is 1. The van der Waals surface area contributed by atoms with E-state index in [1.54, 1.807) is 20.3 Å². The molecule has 0 fully saturated rings. The van der Waals surface area contributed by atoms with E-state index in [0.29, 0.717) is 12.3 Å². The van der Waals surface area contributed by atoms with Crippen LogP contribution in [0.25, 0.3) is 6.08 Å². The lowest BCUT2D eigenvalue weighted by Gasteiger charge is -2.18. The smallest absolute Gasteiger partial charge is 0.191 e. The maximum atomic E-state index is 9.39. The zero-order chi connectivity index (χ0) is 12.8. The van der Waals surface area contributed by atoms with Crippen LogP contribution in [0.3, 0.4) is 0 Å². The van der Waals surface area contributed by atoms with Crippen LogP contribution in [0.4, 0.5) is 0 Å². The van der Waals surface area contributed by atoms with Crippen LogP contribution < -0.4 is 0 Å². The standard InChI is InChI=1S/C12H19NO4/c1-8(4-10-7-17-9(2)13-10)12(16-3)5-11(15)6-14/h4,7,11-12,14-15H,5-6H2,1-3H3/b8-4+/t11?,12-/m0/s1. The Morgan fingerprint density at radius 3 is 2.82 bits per heavy atom. The highest BCUT2D eigenvalue weighted by atomic mass is 16.5. The average Bonchev–Trinajstić information content (AvgIpc) is 2.70. The molecule has 2 N–H and O–H groups in total. The van der Waals surface area contributed by atoms with Crippen LogP contribution >= 0.6 is 0 Å². The summed E-state index contributed by atoms with van der Waals surface area (Å²) in [4.78, 5) is 4.16. The van der Waals surface area contributed by atoms with Crippen molar-refractivity contribution in [1.82, 2.24) is 4.98 Å². The third kappa shape index (κ3) is 4.30. The lowest BCUT2D eigenvalue weighted by atomic mass is 10.0. The molecule has 1 unspecified atom stereocenters. The fourth-order valence-electron chi connectivity index (χ4n) is 1.56. The summed E-state index contributed by atoms with van der Waals surface area (Å²) >= 11 is 0. The highest BCUT2D eigenvalue weighted by molar-refractivity contribution is 5.48. The van der Waals surface area contributed by atoms with Crippen molar-refractivity contribution in [2.24, 2.45) is 0 Å². The van der Waals surface area contributed by atoms with E-state index in [-0.39, 0.29) is 12.7 Å². The molecule has 0 aromatic carbocycles. The second-order valence-electron chi connectivity index (χ2n) is 3.98. The van der Waals surface area contributed by atoms with Gasteiger partial charge in [0.15, 0.2) is 5.89 Å². The third-order valence-corrected chi connectivity index (χ3v) is 2.50. The molecule has 1 heterocycles. The summed E-state index contributed by atoms with van der Waals surface area (Å²) in [6.45, 7) is 3.40. The van der Waals surface area contributed by atoms with E-state index in [1.807, 2.05) is 13.0 Å². The van der Waals surface area contributed by atoms with E-state index in [9.17, 15) is 5.11 Å². The van der Waals surface area contributed by atoms with Gasteiger partial charge in [-0.25, -0.2) is 4.98 Å². The lowest BCUT2D eigenvalue weighted by molar-refractivity contribution is 0.0351. The van der Waals surface area contributed by atoms with Crippen molar-refractivity contribution in [2.45, 2.75) is 32.5 Å². The molecule has 0 spiro atoms. The maximum Gasteiger partial charge on any atom is 0.191 e. The van der Waals surface area contributed by atoms with Gasteiger partial charge in [-0.2, -0.15) is 0 Å². The molecule has 0 radical (unpaired) electrons. The number of aliphatic hydroxyl groups excluding tert-OH is 2. The van der Waals surface area contributed by atoms with Crippen LogP contribution in [0.2, 0.25) is 0 Å². The molecule has 0 aliphatic rings. The number of rotatable bonds is 6. The number of hydrogen-bond acceptors (Lipinski definition) is 5. The van der Waals surface area contributed by atoms with Crippen molar-refractivity contribution in [3.05, 3.63) is 23.4 Å². The first kappa shape index (κ1) is 13.9. The molecule has 0 saturated heterocycles. The molecule has 5 heteroatoms. The number of oxazole rings is 1. The Morgan fingerprint density at radius 2 is 2.35 bits per heavy atom. The molecule has 5 nitrogen and oxygen atoms in total. The summed E-state index contributed by atoms with van der Waals surface area (Å²) < 4.78 is 10.4. The highest BCUT2D eigenvalue weighted by Gasteiger charge is 2.15. The summed E-state index contributed by atoms with van der Waals surface area (Å²) in [6, 6.07) is 0. The van der Waals surface area contributed by atoms with Gasteiger partial charge in [-0.05, 0) is 18.6 Å². The first-order chi connectivity index (χ1) is 8.06. The molecule has 0 aliphatic heterocycles. The monoisotopic (exact) mass is 241 g/mol. The van der Waals surface area contributed by atoms with Crippen LogP contribution in [-0.2, 0) is 4.74 Å². The van der Waals surface area contributed by atoms with Gasteiger partial charge in [0, 0.05) is 20.5 Å². The Labute approximate surface area is 101 Å². The zero-order valence-corrected chi connectivity index (χ0v) is 10.4. The SMILES string of the molecule is CO[C@@H](CC(O)CO)/C(C)=C/c1coc(C)n1. The Kier molecular flexibility index (Phi) is 5.34. The summed E-state index contributed by atoms with van der Waals surface area (Å²) in [7, 11) is 1.57. The topological polar surface area (TPSA) is 75.7 Å². The molecule has 1 rings (SSSR count). The van der Waals surface area contributed by atoms with Gasteiger partial charge >= 0.3 is 0 Å². The zero-order valence-electron chi connectivity index (χ0n) is 10.4. The minimum Gasteiger partial charge on any atom is -0.449 e. The fraction of sp³-hybridized carbons (Fsp3) is 0.583. The Hall–Kier alpha value is -1.17. The predicted molar refractivity (Wildman–Crippen MR) is 63.4 cm³/mol. The highest BCUT2D eigenvalue weighted by Crippen LogP contribution is 2.15. The number of aliphatic hydroxyl groups is 2.